The number of carbonyl (C=O) groups excluding carboxylic acids is 1. The molecular weight excluding hydrogens is 346 g/mol. The molecule has 0 atom stereocenters. The van der Waals surface area contributed by atoms with Crippen molar-refractivity contribution in [3.8, 4) is 5.75 Å². The van der Waals surface area contributed by atoms with Gasteiger partial charge in [0.15, 0.2) is 0 Å². The van der Waals surface area contributed by atoms with Crippen LogP contribution >= 0.6 is 15.9 Å². The van der Waals surface area contributed by atoms with E-state index in [-0.39, 0.29) is 33.6 Å². The van der Waals surface area contributed by atoms with Crippen LogP contribution < -0.4 is 16.2 Å². The largest absolute Gasteiger partial charge is 0.487 e. The quantitative estimate of drug-likeness (QED) is 0.826. The van der Waals surface area contributed by atoms with Gasteiger partial charge in [0.2, 0.25) is 5.91 Å². The number of benzene rings is 2. The molecular formula is C14H11BrF2N2O2. The number of nitrogen functional groups attached to an aromatic ring is 1. The van der Waals surface area contributed by atoms with Gasteiger partial charge in [0.25, 0.3) is 0 Å². The summed E-state index contributed by atoms with van der Waals surface area (Å²) in [6, 6.07) is 6.25. The summed E-state index contributed by atoms with van der Waals surface area (Å²) in [7, 11) is 0. The molecule has 0 fully saturated rings. The lowest BCUT2D eigenvalue weighted by Crippen LogP contribution is -2.12. The van der Waals surface area contributed by atoms with Gasteiger partial charge in [0.05, 0.1) is 10.2 Å². The minimum absolute atomic E-state index is 0.0606. The van der Waals surface area contributed by atoms with Gasteiger partial charge in [-0.15, -0.1) is 0 Å². The molecule has 1 amide bonds. The molecule has 0 saturated heterocycles. The van der Waals surface area contributed by atoms with Gasteiger partial charge < -0.3 is 16.2 Å². The molecule has 0 saturated carbocycles. The highest BCUT2D eigenvalue weighted by Crippen LogP contribution is 2.29. The Morgan fingerprint density at radius 1 is 1.19 bits per heavy atom. The first-order chi connectivity index (χ1) is 9.88. The van der Waals surface area contributed by atoms with Gasteiger partial charge in [0, 0.05) is 17.2 Å². The van der Waals surface area contributed by atoms with Crippen LogP contribution in [0.15, 0.2) is 34.8 Å². The number of anilines is 1. The number of carbonyl (C=O) groups is 1. The lowest BCUT2D eigenvalue weighted by molar-refractivity contribution is 0.0999. The summed E-state index contributed by atoms with van der Waals surface area (Å²) < 4.78 is 32.7. The fourth-order valence-electron chi connectivity index (χ4n) is 1.64. The van der Waals surface area contributed by atoms with Gasteiger partial charge in [-0.05, 0) is 34.1 Å². The molecule has 7 heteroatoms. The third kappa shape index (κ3) is 3.49. The Morgan fingerprint density at radius 2 is 1.90 bits per heavy atom. The molecule has 0 aliphatic carbocycles. The second-order valence-corrected chi connectivity index (χ2v) is 5.12. The van der Waals surface area contributed by atoms with E-state index >= 15 is 0 Å². The minimum Gasteiger partial charge on any atom is -0.487 e. The molecule has 0 heterocycles. The first-order valence-electron chi connectivity index (χ1n) is 5.84. The Morgan fingerprint density at radius 3 is 2.52 bits per heavy atom. The van der Waals surface area contributed by atoms with Gasteiger partial charge in [0.1, 0.15) is 24.0 Å². The van der Waals surface area contributed by atoms with Crippen LogP contribution in [0.25, 0.3) is 0 Å². The van der Waals surface area contributed by atoms with Gasteiger partial charge >= 0.3 is 0 Å². The summed E-state index contributed by atoms with van der Waals surface area (Å²) in [5, 5.41) is 0. The molecule has 0 unspecified atom stereocenters. The van der Waals surface area contributed by atoms with E-state index in [4.69, 9.17) is 16.2 Å². The van der Waals surface area contributed by atoms with Crippen molar-refractivity contribution in [1.82, 2.24) is 0 Å². The first-order valence-corrected chi connectivity index (χ1v) is 6.63. The van der Waals surface area contributed by atoms with Crippen molar-refractivity contribution in [2.45, 2.75) is 6.61 Å². The lowest BCUT2D eigenvalue weighted by atomic mass is 10.1. The molecule has 0 aliphatic rings. The zero-order valence-corrected chi connectivity index (χ0v) is 12.3. The monoisotopic (exact) mass is 356 g/mol. The Balaban J connectivity index is 2.17. The van der Waals surface area contributed by atoms with Crippen molar-refractivity contribution < 1.29 is 18.3 Å². The van der Waals surface area contributed by atoms with Crippen LogP contribution in [0.1, 0.15) is 15.9 Å². The normalized spacial score (nSPS) is 10.4. The molecule has 2 aromatic rings. The second-order valence-electron chi connectivity index (χ2n) is 4.26. The average Bonchev–Trinajstić information content (AvgIpc) is 2.42. The van der Waals surface area contributed by atoms with Crippen LogP contribution in [0, 0.1) is 11.6 Å². The Bertz CT molecular complexity index is 708. The maximum absolute atomic E-state index is 13.8. The zero-order valence-electron chi connectivity index (χ0n) is 10.7. The molecule has 0 aliphatic heterocycles. The second kappa shape index (κ2) is 6.09. The van der Waals surface area contributed by atoms with Crippen molar-refractivity contribution in [3.05, 3.63) is 57.6 Å². The first kappa shape index (κ1) is 15.2. The fraction of sp³-hybridized carbons (Fsp3) is 0.0714. The number of nitrogens with two attached hydrogens (primary N) is 2. The third-order valence-corrected chi connectivity index (χ3v) is 3.38. The molecule has 0 bridgehead atoms. The molecule has 110 valence electrons. The van der Waals surface area contributed by atoms with E-state index < -0.39 is 17.5 Å². The average molecular weight is 357 g/mol. The molecule has 2 rings (SSSR count). The topological polar surface area (TPSA) is 78.3 Å². The molecule has 0 spiro atoms. The van der Waals surface area contributed by atoms with Crippen LogP contribution in [0.2, 0.25) is 0 Å². The highest BCUT2D eigenvalue weighted by atomic mass is 79.9. The number of halogens is 3. The highest BCUT2D eigenvalue weighted by Gasteiger charge is 2.10. The van der Waals surface area contributed by atoms with Gasteiger partial charge in [-0.1, -0.05) is 6.07 Å². The van der Waals surface area contributed by atoms with Gasteiger partial charge in [-0.3, -0.25) is 4.79 Å². The van der Waals surface area contributed by atoms with Crippen molar-refractivity contribution >= 4 is 27.5 Å². The van der Waals surface area contributed by atoms with E-state index in [1.54, 1.807) is 0 Å². The lowest BCUT2D eigenvalue weighted by Gasteiger charge is -2.11. The standard InChI is InChI=1S/C14H11BrF2N2O2/c15-9-4-12(18)13(5-11(9)17)21-6-8-2-1-7(14(19)20)3-10(8)16/h1-5H,6,18H2,(H2,19,20). The van der Waals surface area contributed by atoms with E-state index in [0.29, 0.717) is 0 Å². The van der Waals surface area contributed by atoms with E-state index in [2.05, 4.69) is 15.9 Å². The van der Waals surface area contributed by atoms with Crippen LogP contribution in [-0.2, 0) is 6.61 Å². The predicted molar refractivity (Wildman–Crippen MR) is 77.8 cm³/mol. The number of ether oxygens (including phenoxy) is 1. The zero-order chi connectivity index (χ0) is 15.6. The predicted octanol–water partition coefficient (Wildman–Crippen LogP) is 2.99. The van der Waals surface area contributed by atoms with E-state index in [9.17, 15) is 13.6 Å². The summed E-state index contributed by atoms with van der Waals surface area (Å²) in [6.07, 6.45) is 0. The maximum Gasteiger partial charge on any atom is 0.248 e. The van der Waals surface area contributed by atoms with Crippen LogP contribution in [0.4, 0.5) is 14.5 Å². The smallest absolute Gasteiger partial charge is 0.248 e. The minimum atomic E-state index is -0.722. The van der Waals surface area contributed by atoms with E-state index in [1.807, 2.05) is 0 Å². The van der Waals surface area contributed by atoms with Crippen LogP contribution in [0.3, 0.4) is 0 Å². The molecule has 21 heavy (non-hydrogen) atoms. The highest BCUT2D eigenvalue weighted by molar-refractivity contribution is 9.10. The van der Waals surface area contributed by atoms with Gasteiger partial charge in [-0.25, -0.2) is 8.78 Å². The van der Waals surface area contributed by atoms with E-state index in [1.165, 1.54) is 18.2 Å². The molecule has 4 nitrogen and oxygen atoms in total. The van der Waals surface area contributed by atoms with Crippen LogP contribution in [0.5, 0.6) is 5.75 Å². The molecule has 0 aromatic heterocycles. The summed E-state index contributed by atoms with van der Waals surface area (Å²) in [6.45, 7) is -0.157. The summed E-state index contributed by atoms with van der Waals surface area (Å²) in [4.78, 5) is 10.9. The third-order valence-electron chi connectivity index (χ3n) is 2.77. The number of amides is 1. The maximum atomic E-state index is 13.8. The number of hydrogen-bond acceptors (Lipinski definition) is 3. The molecule has 2 aromatic carbocycles. The van der Waals surface area contributed by atoms with Crippen molar-refractivity contribution in [3.63, 3.8) is 0 Å². The van der Waals surface area contributed by atoms with Crippen molar-refractivity contribution in [2.24, 2.45) is 5.73 Å². The Labute approximate surface area is 127 Å². The number of rotatable bonds is 4. The van der Waals surface area contributed by atoms with Crippen molar-refractivity contribution in [1.29, 1.82) is 0 Å². The number of hydrogen-bond donors (Lipinski definition) is 2. The Kier molecular flexibility index (Phi) is 4.42. The summed E-state index contributed by atoms with van der Waals surface area (Å²) in [5.74, 6) is -1.79. The molecule has 4 N–H and O–H groups in total. The molecule has 0 radical (unpaired) electrons. The van der Waals surface area contributed by atoms with Crippen LogP contribution in [-0.4, -0.2) is 5.91 Å². The summed E-state index contributed by atoms with van der Waals surface area (Å²) in [5.41, 5.74) is 11.2. The van der Waals surface area contributed by atoms with E-state index in [0.717, 1.165) is 12.1 Å². The number of primary amides is 1. The summed E-state index contributed by atoms with van der Waals surface area (Å²) >= 11 is 2.99. The van der Waals surface area contributed by atoms with Gasteiger partial charge in [-0.2, -0.15) is 0 Å². The fourth-order valence-corrected chi connectivity index (χ4v) is 2.00. The Hall–Kier alpha value is -2.15. The van der Waals surface area contributed by atoms with Crippen molar-refractivity contribution in [2.75, 3.05) is 5.73 Å². The SMILES string of the molecule is NC(=O)c1ccc(COc2cc(F)c(Br)cc2N)c(F)c1.